The average Bonchev–Trinajstić information content (AvgIpc) is 2.25. The Balaban J connectivity index is 4.53. The van der Waals surface area contributed by atoms with Crippen LogP contribution in [-0.2, 0) is 19.1 Å². The first kappa shape index (κ1) is 16.1. The summed E-state index contributed by atoms with van der Waals surface area (Å²) in [6.07, 6.45) is 2.02. The minimum atomic E-state index is -1.22. The number of esters is 1. The van der Waals surface area contributed by atoms with Crippen LogP contribution < -0.4 is 5.32 Å². The van der Waals surface area contributed by atoms with Crippen molar-refractivity contribution < 1.29 is 24.2 Å². The van der Waals surface area contributed by atoms with Gasteiger partial charge in [0.15, 0.2) is 0 Å². The molecule has 0 radical (unpaired) electrons. The third-order valence-electron chi connectivity index (χ3n) is 1.97. The Morgan fingerprint density at radius 3 is 2.33 bits per heavy atom. The third-order valence-corrected chi connectivity index (χ3v) is 1.97. The van der Waals surface area contributed by atoms with Crippen molar-refractivity contribution in [3.63, 3.8) is 0 Å². The molecule has 102 valence electrons. The van der Waals surface area contributed by atoms with E-state index in [-0.39, 0.29) is 12.5 Å². The molecule has 1 unspecified atom stereocenters. The second-order valence-corrected chi connectivity index (χ2v) is 4.11. The van der Waals surface area contributed by atoms with Crippen LogP contribution in [0.3, 0.4) is 0 Å². The van der Waals surface area contributed by atoms with Crippen molar-refractivity contribution in [3.8, 4) is 0 Å². The molecule has 18 heavy (non-hydrogen) atoms. The van der Waals surface area contributed by atoms with Crippen molar-refractivity contribution in [1.29, 1.82) is 0 Å². The van der Waals surface area contributed by atoms with Gasteiger partial charge in [-0.25, -0.2) is 9.59 Å². The Labute approximate surface area is 106 Å². The number of nitrogens with one attached hydrogen (secondary N) is 1. The van der Waals surface area contributed by atoms with E-state index in [1.165, 1.54) is 0 Å². The SMILES string of the molecule is CCOC(=O)C(CC(C)C)NC(=O)/C=C/C(=O)O. The molecule has 0 heterocycles. The fourth-order valence-corrected chi connectivity index (χ4v) is 1.30. The van der Waals surface area contributed by atoms with Gasteiger partial charge < -0.3 is 15.2 Å². The number of carboxylic acid groups (broad SMARTS) is 1. The number of rotatable bonds is 7. The van der Waals surface area contributed by atoms with Crippen molar-refractivity contribution in [3.05, 3.63) is 12.2 Å². The largest absolute Gasteiger partial charge is 0.478 e. The highest BCUT2D eigenvalue weighted by Crippen LogP contribution is 2.06. The minimum Gasteiger partial charge on any atom is -0.478 e. The smallest absolute Gasteiger partial charge is 0.328 e. The van der Waals surface area contributed by atoms with Crippen LogP contribution in [0.2, 0.25) is 0 Å². The van der Waals surface area contributed by atoms with Crippen LogP contribution in [0.5, 0.6) is 0 Å². The number of amides is 1. The highest BCUT2D eigenvalue weighted by atomic mass is 16.5. The topological polar surface area (TPSA) is 92.7 Å². The summed E-state index contributed by atoms with van der Waals surface area (Å²) in [7, 11) is 0. The third kappa shape index (κ3) is 7.43. The summed E-state index contributed by atoms with van der Waals surface area (Å²) in [5, 5.41) is 10.8. The van der Waals surface area contributed by atoms with E-state index in [9.17, 15) is 14.4 Å². The van der Waals surface area contributed by atoms with E-state index < -0.39 is 23.9 Å². The summed E-state index contributed by atoms with van der Waals surface area (Å²) >= 11 is 0. The molecule has 0 aliphatic carbocycles. The summed E-state index contributed by atoms with van der Waals surface area (Å²) in [5.41, 5.74) is 0. The van der Waals surface area contributed by atoms with E-state index in [2.05, 4.69) is 5.32 Å². The molecule has 0 aromatic heterocycles. The van der Waals surface area contributed by atoms with Crippen LogP contribution in [0.25, 0.3) is 0 Å². The Morgan fingerprint density at radius 2 is 1.89 bits per heavy atom. The molecular weight excluding hydrogens is 238 g/mol. The Bertz CT molecular complexity index is 335. The average molecular weight is 257 g/mol. The van der Waals surface area contributed by atoms with Gasteiger partial charge in [0.25, 0.3) is 0 Å². The van der Waals surface area contributed by atoms with E-state index in [0.717, 1.165) is 6.08 Å². The maximum Gasteiger partial charge on any atom is 0.328 e. The number of carbonyl (C=O) groups is 3. The van der Waals surface area contributed by atoms with Crippen LogP contribution in [-0.4, -0.2) is 35.6 Å². The number of carbonyl (C=O) groups excluding carboxylic acids is 2. The van der Waals surface area contributed by atoms with Gasteiger partial charge in [0, 0.05) is 12.2 Å². The molecule has 1 atom stereocenters. The van der Waals surface area contributed by atoms with E-state index >= 15 is 0 Å². The number of aliphatic carboxylic acids is 1. The quantitative estimate of drug-likeness (QED) is 0.518. The lowest BCUT2D eigenvalue weighted by molar-refractivity contribution is -0.147. The van der Waals surface area contributed by atoms with Crippen LogP contribution in [0.4, 0.5) is 0 Å². The zero-order chi connectivity index (χ0) is 14.1. The van der Waals surface area contributed by atoms with Gasteiger partial charge in [-0.3, -0.25) is 4.79 Å². The molecule has 1 amide bonds. The molecule has 0 aliphatic heterocycles. The van der Waals surface area contributed by atoms with Gasteiger partial charge in [0.05, 0.1) is 6.61 Å². The maximum atomic E-state index is 11.6. The molecule has 0 aliphatic rings. The minimum absolute atomic E-state index is 0.197. The molecule has 0 rings (SSSR count). The first-order chi connectivity index (χ1) is 8.36. The van der Waals surface area contributed by atoms with E-state index in [0.29, 0.717) is 12.5 Å². The Hall–Kier alpha value is -1.85. The van der Waals surface area contributed by atoms with Crippen LogP contribution in [0, 0.1) is 5.92 Å². The van der Waals surface area contributed by atoms with Crippen molar-refractivity contribution in [2.24, 2.45) is 5.92 Å². The van der Waals surface area contributed by atoms with Crippen molar-refractivity contribution >= 4 is 17.8 Å². The molecule has 0 spiro atoms. The van der Waals surface area contributed by atoms with Gasteiger partial charge >= 0.3 is 11.9 Å². The molecule has 6 heteroatoms. The highest BCUT2D eigenvalue weighted by Gasteiger charge is 2.22. The molecule has 0 aromatic rings. The molecule has 0 saturated carbocycles. The predicted octanol–water partition coefficient (Wildman–Crippen LogP) is 0.721. The molecule has 6 nitrogen and oxygen atoms in total. The number of carboxylic acids is 1. The number of hydrogen-bond acceptors (Lipinski definition) is 4. The zero-order valence-corrected chi connectivity index (χ0v) is 10.8. The van der Waals surface area contributed by atoms with Crippen LogP contribution in [0.1, 0.15) is 27.2 Å². The van der Waals surface area contributed by atoms with Gasteiger partial charge in [-0.05, 0) is 19.3 Å². The first-order valence-electron chi connectivity index (χ1n) is 5.75. The molecule has 0 fully saturated rings. The van der Waals surface area contributed by atoms with Gasteiger partial charge in [0.1, 0.15) is 6.04 Å². The second-order valence-electron chi connectivity index (χ2n) is 4.11. The lowest BCUT2D eigenvalue weighted by Gasteiger charge is -2.18. The number of hydrogen-bond donors (Lipinski definition) is 2. The summed E-state index contributed by atoms with van der Waals surface area (Å²) in [4.78, 5) is 33.2. The molecule has 0 saturated heterocycles. The van der Waals surface area contributed by atoms with Crippen molar-refractivity contribution in [1.82, 2.24) is 5.32 Å². The fourth-order valence-electron chi connectivity index (χ4n) is 1.30. The van der Waals surface area contributed by atoms with Crippen LogP contribution in [0.15, 0.2) is 12.2 Å². The second kappa shape index (κ2) is 8.27. The maximum absolute atomic E-state index is 11.6. The summed E-state index contributed by atoms with van der Waals surface area (Å²) in [6, 6.07) is -0.754. The molecular formula is C12H19NO5. The molecule has 0 bridgehead atoms. The first-order valence-corrected chi connectivity index (χ1v) is 5.75. The molecule has 0 aromatic carbocycles. The van der Waals surface area contributed by atoms with Crippen molar-refractivity contribution in [2.45, 2.75) is 33.2 Å². The zero-order valence-electron chi connectivity index (χ0n) is 10.8. The van der Waals surface area contributed by atoms with E-state index in [1.807, 2.05) is 13.8 Å². The number of ether oxygens (including phenoxy) is 1. The van der Waals surface area contributed by atoms with Gasteiger partial charge in [-0.15, -0.1) is 0 Å². The molecule has 2 N–H and O–H groups in total. The van der Waals surface area contributed by atoms with E-state index in [1.54, 1.807) is 6.92 Å². The predicted molar refractivity (Wildman–Crippen MR) is 64.8 cm³/mol. The monoisotopic (exact) mass is 257 g/mol. The fraction of sp³-hybridized carbons (Fsp3) is 0.583. The lowest BCUT2D eigenvalue weighted by Crippen LogP contribution is -2.42. The summed E-state index contributed by atoms with van der Waals surface area (Å²) in [6.45, 7) is 5.72. The van der Waals surface area contributed by atoms with Gasteiger partial charge in [-0.1, -0.05) is 13.8 Å². The Kier molecular flexibility index (Phi) is 7.42. The van der Waals surface area contributed by atoms with Gasteiger partial charge in [-0.2, -0.15) is 0 Å². The van der Waals surface area contributed by atoms with E-state index in [4.69, 9.17) is 9.84 Å². The standard InChI is InChI=1S/C12H19NO5/c1-4-18-12(17)9(7-8(2)3)13-10(14)5-6-11(15)16/h5-6,8-9H,4,7H2,1-3H3,(H,13,14)(H,15,16)/b6-5+. The normalized spacial score (nSPS) is 12.4. The Morgan fingerprint density at radius 1 is 1.28 bits per heavy atom. The van der Waals surface area contributed by atoms with Crippen molar-refractivity contribution in [2.75, 3.05) is 6.61 Å². The highest BCUT2D eigenvalue weighted by molar-refractivity contribution is 5.95. The summed E-state index contributed by atoms with van der Waals surface area (Å²) < 4.78 is 4.84. The van der Waals surface area contributed by atoms with Gasteiger partial charge in [0.2, 0.25) is 5.91 Å². The lowest BCUT2D eigenvalue weighted by atomic mass is 10.0. The summed E-state index contributed by atoms with van der Waals surface area (Å²) in [5.74, 6) is -2.16. The van der Waals surface area contributed by atoms with Crippen LogP contribution >= 0.6 is 0 Å².